The fourth-order valence-electron chi connectivity index (χ4n) is 2.64. The summed E-state index contributed by atoms with van der Waals surface area (Å²) >= 11 is 5.99. The van der Waals surface area contributed by atoms with Crippen LogP contribution in [0.3, 0.4) is 0 Å². The summed E-state index contributed by atoms with van der Waals surface area (Å²) < 4.78 is 5.53. The number of hydrogen-bond donors (Lipinski definition) is 2. The number of fused-ring (bicyclic) bond motifs is 1. The normalized spacial score (nSPS) is 10.7. The molecule has 0 spiro atoms. The molecule has 0 bridgehead atoms. The van der Waals surface area contributed by atoms with Crippen LogP contribution in [-0.4, -0.2) is 18.4 Å². The quantitative estimate of drug-likeness (QED) is 0.713. The van der Waals surface area contributed by atoms with Crippen molar-refractivity contribution >= 4 is 40.1 Å². The summed E-state index contributed by atoms with van der Waals surface area (Å²) in [5, 5.41) is 6.65. The average molecular weight is 371 g/mol. The summed E-state index contributed by atoms with van der Waals surface area (Å²) in [5.74, 6) is -0.588. The van der Waals surface area contributed by atoms with Crippen molar-refractivity contribution in [3.8, 4) is 0 Å². The Morgan fingerprint density at radius 1 is 1.08 bits per heavy atom. The molecule has 0 aliphatic carbocycles. The summed E-state index contributed by atoms with van der Waals surface area (Å²) in [6, 6.07) is 10.9. The lowest BCUT2D eigenvalue weighted by Crippen LogP contribution is -2.33. The highest BCUT2D eigenvalue weighted by molar-refractivity contribution is 6.33. The minimum Gasteiger partial charge on any atom is -0.464 e. The highest BCUT2D eigenvalue weighted by Gasteiger charge is 2.13. The molecule has 1 heterocycles. The van der Waals surface area contributed by atoms with Gasteiger partial charge >= 0.3 is 0 Å². The van der Waals surface area contributed by atoms with Gasteiger partial charge in [0, 0.05) is 10.9 Å². The van der Waals surface area contributed by atoms with E-state index < -0.39 is 0 Å². The van der Waals surface area contributed by atoms with E-state index in [1.807, 2.05) is 26.0 Å². The highest BCUT2D eigenvalue weighted by Crippen LogP contribution is 2.25. The molecule has 2 N–H and O–H groups in total. The molecule has 0 radical (unpaired) electrons. The largest absolute Gasteiger partial charge is 0.464 e. The standard InChI is InChI=1S/C20H19ClN2O3/c1-12-7-15-14(11-26-18(15)8-13(12)2)9-19(24)22-10-20(25)23-17-6-4-3-5-16(17)21/h3-8,11H,9-10H2,1-2H3,(H,22,24)(H,23,25). The van der Waals surface area contributed by atoms with Crippen molar-refractivity contribution in [2.45, 2.75) is 20.3 Å². The third kappa shape index (κ3) is 4.06. The fraction of sp³-hybridized carbons (Fsp3) is 0.200. The van der Waals surface area contributed by atoms with E-state index in [1.54, 1.807) is 30.5 Å². The molecule has 0 atom stereocenters. The number of nitrogens with one attached hydrogen (secondary N) is 2. The summed E-state index contributed by atoms with van der Waals surface area (Å²) in [4.78, 5) is 24.1. The Morgan fingerprint density at radius 2 is 1.81 bits per heavy atom. The van der Waals surface area contributed by atoms with Gasteiger partial charge in [0.05, 0.1) is 29.9 Å². The van der Waals surface area contributed by atoms with Crippen LogP contribution in [0.4, 0.5) is 5.69 Å². The smallest absolute Gasteiger partial charge is 0.243 e. The number of anilines is 1. The van der Waals surface area contributed by atoms with Crippen molar-refractivity contribution in [3.05, 3.63) is 64.4 Å². The molecule has 0 aliphatic rings. The van der Waals surface area contributed by atoms with Gasteiger partial charge in [0.2, 0.25) is 11.8 Å². The van der Waals surface area contributed by atoms with Gasteiger partial charge in [-0.3, -0.25) is 9.59 Å². The number of aryl methyl sites for hydroxylation is 2. The number of hydrogen-bond acceptors (Lipinski definition) is 3. The second-order valence-corrected chi connectivity index (χ2v) is 6.58. The molecule has 2 amide bonds. The number of halogens is 1. The van der Waals surface area contributed by atoms with E-state index >= 15 is 0 Å². The van der Waals surface area contributed by atoms with Crippen LogP contribution in [0.25, 0.3) is 11.0 Å². The second kappa shape index (κ2) is 7.62. The number of amides is 2. The van der Waals surface area contributed by atoms with Gasteiger partial charge in [-0.2, -0.15) is 0 Å². The Labute approximate surface area is 156 Å². The van der Waals surface area contributed by atoms with E-state index in [-0.39, 0.29) is 24.8 Å². The maximum Gasteiger partial charge on any atom is 0.243 e. The monoisotopic (exact) mass is 370 g/mol. The molecular weight excluding hydrogens is 352 g/mol. The molecule has 1 aromatic heterocycles. The van der Waals surface area contributed by atoms with Crippen LogP contribution >= 0.6 is 11.6 Å². The molecule has 0 aliphatic heterocycles. The molecule has 3 aromatic rings. The zero-order chi connectivity index (χ0) is 18.7. The van der Waals surface area contributed by atoms with E-state index in [0.717, 1.165) is 27.7 Å². The molecule has 2 aromatic carbocycles. The maximum atomic E-state index is 12.2. The number of para-hydroxylation sites is 1. The summed E-state index contributed by atoms with van der Waals surface area (Å²) in [6.07, 6.45) is 1.74. The fourth-order valence-corrected chi connectivity index (χ4v) is 2.83. The van der Waals surface area contributed by atoms with Gasteiger partial charge in [-0.15, -0.1) is 0 Å². The van der Waals surface area contributed by atoms with Crippen molar-refractivity contribution in [2.24, 2.45) is 0 Å². The molecule has 6 heteroatoms. The molecule has 134 valence electrons. The van der Waals surface area contributed by atoms with E-state index in [2.05, 4.69) is 10.6 Å². The minimum absolute atomic E-state index is 0.127. The molecule has 0 saturated carbocycles. The molecule has 0 unspecified atom stereocenters. The van der Waals surface area contributed by atoms with Crippen LogP contribution < -0.4 is 10.6 Å². The van der Waals surface area contributed by atoms with Crippen molar-refractivity contribution in [1.29, 1.82) is 0 Å². The third-order valence-corrected chi connectivity index (χ3v) is 4.54. The number of carbonyl (C=O) groups is 2. The summed E-state index contributed by atoms with van der Waals surface area (Å²) in [6.45, 7) is 3.91. The zero-order valence-electron chi connectivity index (χ0n) is 14.6. The second-order valence-electron chi connectivity index (χ2n) is 6.18. The number of rotatable bonds is 5. The van der Waals surface area contributed by atoms with Crippen LogP contribution in [0.15, 0.2) is 47.1 Å². The number of carbonyl (C=O) groups excluding carboxylic acids is 2. The van der Waals surface area contributed by atoms with Crippen LogP contribution in [0.2, 0.25) is 5.02 Å². The van der Waals surface area contributed by atoms with Gasteiger partial charge < -0.3 is 15.1 Å². The summed E-state index contributed by atoms with van der Waals surface area (Å²) in [5.41, 5.74) is 4.35. The van der Waals surface area contributed by atoms with Crippen molar-refractivity contribution in [1.82, 2.24) is 5.32 Å². The third-order valence-electron chi connectivity index (χ3n) is 4.22. The van der Waals surface area contributed by atoms with Gasteiger partial charge in [-0.1, -0.05) is 23.7 Å². The molecule has 0 saturated heterocycles. The van der Waals surface area contributed by atoms with Gasteiger partial charge in [0.15, 0.2) is 0 Å². The van der Waals surface area contributed by atoms with Crippen LogP contribution in [0.5, 0.6) is 0 Å². The highest BCUT2D eigenvalue weighted by atomic mass is 35.5. The van der Waals surface area contributed by atoms with E-state index in [1.165, 1.54) is 0 Å². The van der Waals surface area contributed by atoms with Crippen LogP contribution in [0.1, 0.15) is 16.7 Å². The SMILES string of the molecule is Cc1cc2occ(CC(=O)NCC(=O)Nc3ccccc3Cl)c2cc1C. The molecule has 0 fully saturated rings. The topological polar surface area (TPSA) is 71.3 Å². The lowest BCUT2D eigenvalue weighted by atomic mass is 10.0. The lowest BCUT2D eigenvalue weighted by Gasteiger charge is -2.08. The Morgan fingerprint density at radius 3 is 2.58 bits per heavy atom. The average Bonchev–Trinajstić information content (AvgIpc) is 2.97. The van der Waals surface area contributed by atoms with Gasteiger partial charge in [-0.25, -0.2) is 0 Å². The molecule has 3 rings (SSSR count). The molecule has 5 nitrogen and oxygen atoms in total. The van der Waals surface area contributed by atoms with E-state index in [0.29, 0.717) is 10.7 Å². The van der Waals surface area contributed by atoms with E-state index in [9.17, 15) is 9.59 Å². The maximum absolute atomic E-state index is 12.2. The Balaban J connectivity index is 1.58. The van der Waals surface area contributed by atoms with Crippen LogP contribution in [0, 0.1) is 13.8 Å². The number of furan rings is 1. The minimum atomic E-state index is -0.338. The summed E-state index contributed by atoms with van der Waals surface area (Å²) in [7, 11) is 0. The Kier molecular flexibility index (Phi) is 5.28. The van der Waals surface area contributed by atoms with Gasteiger partial charge in [-0.05, 0) is 49.2 Å². The first kappa shape index (κ1) is 18.0. The first-order chi connectivity index (χ1) is 12.4. The Bertz CT molecular complexity index is 978. The van der Waals surface area contributed by atoms with Gasteiger partial charge in [0.25, 0.3) is 0 Å². The molecular formula is C20H19ClN2O3. The zero-order valence-corrected chi connectivity index (χ0v) is 15.3. The first-order valence-electron chi connectivity index (χ1n) is 8.22. The van der Waals surface area contributed by atoms with Crippen molar-refractivity contribution in [3.63, 3.8) is 0 Å². The molecule has 26 heavy (non-hydrogen) atoms. The van der Waals surface area contributed by atoms with Gasteiger partial charge in [0.1, 0.15) is 5.58 Å². The lowest BCUT2D eigenvalue weighted by molar-refractivity contribution is -0.123. The van der Waals surface area contributed by atoms with Crippen LogP contribution in [-0.2, 0) is 16.0 Å². The first-order valence-corrected chi connectivity index (χ1v) is 8.60. The van der Waals surface area contributed by atoms with E-state index in [4.69, 9.17) is 16.0 Å². The Hall–Kier alpha value is -2.79. The van der Waals surface area contributed by atoms with Crippen molar-refractivity contribution in [2.75, 3.05) is 11.9 Å². The number of benzene rings is 2. The predicted molar refractivity (Wildman–Crippen MR) is 102 cm³/mol. The predicted octanol–water partition coefficient (Wildman–Crippen LogP) is 4.00. The van der Waals surface area contributed by atoms with Crippen molar-refractivity contribution < 1.29 is 14.0 Å².